The number of aldehydes is 1. The molecule has 0 aromatic rings. The highest BCUT2D eigenvalue weighted by Crippen LogP contribution is 2.30. The van der Waals surface area contributed by atoms with Crippen molar-refractivity contribution >= 4 is 12.5 Å². The Hall–Kier alpha value is -1.86. The summed E-state index contributed by atoms with van der Waals surface area (Å²) in [6.07, 6.45) is 5.42. The van der Waals surface area contributed by atoms with Gasteiger partial charge < -0.3 is 20.1 Å². The lowest BCUT2D eigenvalue weighted by atomic mass is 9.90. The Bertz CT molecular complexity index is 614. The highest BCUT2D eigenvalue weighted by Gasteiger charge is 2.35. The van der Waals surface area contributed by atoms with Gasteiger partial charge in [0, 0.05) is 43.8 Å². The molecule has 152 valence electrons. The number of rotatable bonds is 9. The van der Waals surface area contributed by atoms with Gasteiger partial charge in [-0.15, -0.1) is 0 Å². The zero-order valence-corrected chi connectivity index (χ0v) is 16.6. The number of piperidine rings is 1. The van der Waals surface area contributed by atoms with Crippen LogP contribution in [0.3, 0.4) is 0 Å². The summed E-state index contributed by atoms with van der Waals surface area (Å²) in [4.78, 5) is 17.2. The fraction of sp³-hybridized carbons (Fsp3) is 0.600. The van der Waals surface area contributed by atoms with Crippen molar-refractivity contribution in [2.45, 2.75) is 51.7 Å². The quantitative estimate of drug-likeness (QED) is 0.365. The molecule has 1 heterocycles. The molecule has 1 aliphatic heterocycles. The largest absolute Gasteiger partial charge is 0.391 e. The van der Waals surface area contributed by atoms with Gasteiger partial charge in [0.05, 0.1) is 18.1 Å². The molecule has 27 heavy (non-hydrogen) atoms. The molecule has 0 radical (unpaired) electrons. The van der Waals surface area contributed by atoms with E-state index in [0.29, 0.717) is 25.2 Å². The standard InChI is InChI=1S/C20H31F2N3O2/c1-6-7-8-16(20(21,22)14(2)3)10-23-9-15(4)25(5)18-11-24-12-19(27)17(18)13-26/h8-10,13,17-19,24,27H,2,6-7,11-12H2,1,3-5H3/b15-9+,16-8-,23-10+/t17-,18+,19+/m1/s1. The molecule has 0 spiro atoms. The van der Waals surface area contributed by atoms with Gasteiger partial charge in [0.1, 0.15) is 6.29 Å². The van der Waals surface area contributed by atoms with Crippen molar-refractivity contribution in [3.05, 3.63) is 35.7 Å². The van der Waals surface area contributed by atoms with Crippen LogP contribution in [-0.4, -0.2) is 60.7 Å². The van der Waals surface area contributed by atoms with Gasteiger partial charge in [-0.1, -0.05) is 26.0 Å². The van der Waals surface area contributed by atoms with Crippen LogP contribution in [0.15, 0.2) is 40.7 Å². The summed E-state index contributed by atoms with van der Waals surface area (Å²) < 4.78 is 28.6. The lowest BCUT2D eigenvalue weighted by Crippen LogP contribution is -2.56. The van der Waals surface area contributed by atoms with E-state index in [4.69, 9.17) is 0 Å². The second-order valence-corrected chi connectivity index (χ2v) is 6.97. The third kappa shape index (κ3) is 6.07. The molecule has 2 N–H and O–H groups in total. The van der Waals surface area contributed by atoms with E-state index in [2.05, 4.69) is 16.9 Å². The van der Waals surface area contributed by atoms with E-state index < -0.39 is 17.9 Å². The van der Waals surface area contributed by atoms with Crippen molar-refractivity contribution in [2.75, 3.05) is 20.1 Å². The van der Waals surface area contributed by atoms with Crippen molar-refractivity contribution in [1.82, 2.24) is 10.2 Å². The minimum absolute atomic E-state index is 0.177. The number of carbonyl (C=O) groups is 1. The second-order valence-electron chi connectivity index (χ2n) is 6.97. The third-order valence-electron chi connectivity index (χ3n) is 4.83. The first-order valence-corrected chi connectivity index (χ1v) is 9.18. The van der Waals surface area contributed by atoms with Crippen LogP contribution in [0.25, 0.3) is 0 Å². The van der Waals surface area contributed by atoms with E-state index in [-0.39, 0.29) is 17.2 Å². The van der Waals surface area contributed by atoms with Crippen LogP contribution in [0.2, 0.25) is 0 Å². The molecule has 0 bridgehead atoms. The van der Waals surface area contributed by atoms with Crippen LogP contribution >= 0.6 is 0 Å². The maximum atomic E-state index is 14.3. The lowest BCUT2D eigenvalue weighted by Gasteiger charge is -2.39. The summed E-state index contributed by atoms with van der Waals surface area (Å²) >= 11 is 0. The third-order valence-corrected chi connectivity index (χ3v) is 4.83. The van der Waals surface area contributed by atoms with Crippen molar-refractivity contribution in [1.29, 1.82) is 0 Å². The van der Waals surface area contributed by atoms with Gasteiger partial charge in [-0.3, -0.25) is 4.99 Å². The van der Waals surface area contributed by atoms with Crippen LogP contribution in [0.4, 0.5) is 8.78 Å². The number of allylic oxidation sites excluding steroid dienone is 4. The number of carbonyl (C=O) groups excluding carboxylic acids is 1. The minimum Gasteiger partial charge on any atom is -0.391 e. The number of hydrogen-bond acceptors (Lipinski definition) is 5. The average Bonchev–Trinajstić information content (AvgIpc) is 2.63. The molecule has 3 atom stereocenters. The van der Waals surface area contributed by atoms with Crippen LogP contribution in [0, 0.1) is 5.92 Å². The van der Waals surface area contributed by atoms with Crippen LogP contribution in [0.1, 0.15) is 33.6 Å². The van der Waals surface area contributed by atoms with Crippen LogP contribution in [0.5, 0.6) is 0 Å². The second kappa shape index (κ2) is 10.5. The normalized spacial score (nSPS) is 24.9. The molecule has 1 rings (SSSR count). The average molecular weight is 383 g/mol. The molecule has 0 amide bonds. The maximum Gasteiger partial charge on any atom is 0.295 e. The van der Waals surface area contributed by atoms with E-state index >= 15 is 0 Å². The molecule has 0 aromatic carbocycles. The molecule has 0 saturated carbocycles. The molecule has 1 fully saturated rings. The number of halogens is 2. The molecule has 0 aromatic heterocycles. The van der Waals surface area contributed by atoms with Gasteiger partial charge in [0.2, 0.25) is 0 Å². The monoisotopic (exact) mass is 383 g/mol. The van der Waals surface area contributed by atoms with E-state index in [1.807, 2.05) is 11.8 Å². The number of unbranched alkanes of at least 4 members (excludes halogenated alkanes) is 1. The number of β-amino-alcohol motifs (C(OH)–C–C–N with tert-alkyl or cyclic N) is 1. The van der Waals surface area contributed by atoms with E-state index in [9.17, 15) is 18.7 Å². The summed E-state index contributed by atoms with van der Waals surface area (Å²) in [6, 6.07) is -0.232. The first-order valence-electron chi connectivity index (χ1n) is 9.18. The number of aliphatic hydroxyl groups excluding tert-OH is 1. The molecule has 0 aliphatic carbocycles. The molecule has 7 heteroatoms. The molecular formula is C20H31F2N3O2. The summed E-state index contributed by atoms with van der Waals surface area (Å²) in [5.74, 6) is -3.65. The number of hydrogen-bond donors (Lipinski definition) is 2. The van der Waals surface area contributed by atoms with Crippen molar-refractivity contribution < 1.29 is 18.7 Å². The molecule has 1 saturated heterocycles. The van der Waals surface area contributed by atoms with Crippen LogP contribution < -0.4 is 5.32 Å². The number of alkyl halides is 2. The number of nitrogens with one attached hydrogen (secondary N) is 1. The minimum atomic E-state index is -3.13. The Kier molecular flexibility index (Phi) is 8.99. The first-order chi connectivity index (χ1) is 12.7. The van der Waals surface area contributed by atoms with E-state index in [0.717, 1.165) is 18.9 Å². The number of likely N-dealkylation sites (N-methyl/N-ethyl adjacent to an activating group) is 1. The predicted molar refractivity (Wildman–Crippen MR) is 105 cm³/mol. The lowest BCUT2D eigenvalue weighted by molar-refractivity contribution is -0.117. The van der Waals surface area contributed by atoms with Crippen LogP contribution in [-0.2, 0) is 4.79 Å². The highest BCUT2D eigenvalue weighted by atomic mass is 19.3. The summed E-state index contributed by atoms with van der Waals surface area (Å²) in [5, 5.41) is 13.1. The van der Waals surface area contributed by atoms with E-state index in [1.165, 1.54) is 19.2 Å². The summed E-state index contributed by atoms with van der Waals surface area (Å²) in [7, 11) is 1.79. The fourth-order valence-electron chi connectivity index (χ4n) is 2.87. The molecule has 0 unspecified atom stereocenters. The Morgan fingerprint density at radius 3 is 2.63 bits per heavy atom. The maximum absolute atomic E-state index is 14.3. The fourth-order valence-corrected chi connectivity index (χ4v) is 2.87. The Labute approximate surface area is 160 Å². The zero-order valence-electron chi connectivity index (χ0n) is 16.6. The number of aliphatic imine (C=N–C) groups is 1. The smallest absolute Gasteiger partial charge is 0.295 e. The predicted octanol–water partition coefficient (Wildman–Crippen LogP) is 2.94. The van der Waals surface area contributed by atoms with E-state index in [1.54, 1.807) is 14.0 Å². The van der Waals surface area contributed by atoms with Gasteiger partial charge in [0.25, 0.3) is 5.92 Å². The topological polar surface area (TPSA) is 64.9 Å². The Morgan fingerprint density at radius 2 is 2.07 bits per heavy atom. The molecular weight excluding hydrogens is 352 g/mol. The van der Waals surface area contributed by atoms with Gasteiger partial charge in [-0.25, -0.2) is 0 Å². The molecule has 1 aliphatic rings. The molecule has 5 nitrogen and oxygen atoms in total. The number of nitrogens with zero attached hydrogens (tertiary/aromatic N) is 2. The van der Waals surface area contributed by atoms with Gasteiger partial charge >= 0.3 is 0 Å². The van der Waals surface area contributed by atoms with Crippen molar-refractivity contribution in [3.8, 4) is 0 Å². The van der Waals surface area contributed by atoms with Gasteiger partial charge in [-0.05, 0) is 25.8 Å². The van der Waals surface area contributed by atoms with Gasteiger partial charge in [-0.2, -0.15) is 8.78 Å². The summed E-state index contributed by atoms with van der Waals surface area (Å²) in [5.41, 5.74) is 0.293. The SMILES string of the molecule is C=C(C)C(F)(F)C(=C\CCC)/C=N/C=C(\C)N(C)[C@H]1CNC[C@H](O)[C@@H]1C=O. The highest BCUT2D eigenvalue weighted by molar-refractivity contribution is 5.82. The first kappa shape index (κ1) is 23.2. The van der Waals surface area contributed by atoms with Crippen molar-refractivity contribution in [3.63, 3.8) is 0 Å². The zero-order chi connectivity index (χ0) is 20.6. The Morgan fingerprint density at radius 1 is 1.41 bits per heavy atom. The van der Waals surface area contributed by atoms with Crippen molar-refractivity contribution in [2.24, 2.45) is 10.9 Å². The Balaban J connectivity index is 2.96. The van der Waals surface area contributed by atoms with Gasteiger partial charge in [0.15, 0.2) is 0 Å². The number of aliphatic hydroxyl groups is 1. The summed E-state index contributed by atoms with van der Waals surface area (Å²) in [6.45, 7) is 9.28.